The van der Waals surface area contributed by atoms with E-state index in [9.17, 15) is 18.7 Å². The Morgan fingerprint density at radius 2 is 1.88 bits per heavy atom. The van der Waals surface area contributed by atoms with Crippen LogP contribution in [0.5, 0.6) is 0 Å². The van der Waals surface area contributed by atoms with Crippen molar-refractivity contribution in [2.45, 2.75) is 12.7 Å². The Kier molecular flexibility index (Phi) is 3.63. The third-order valence-corrected chi connectivity index (χ3v) is 4.26. The number of benzene rings is 1. The number of fused-ring (bicyclic) bond motifs is 2. The average molecular weight is 362 g/mol. The van der Waals surface area contributed by atoms with E-state index in [1.807, 2.05) is 0 Å². The summed E-state index contributed by atoms with van der Waals surface area (Å²) in [5.74, 6) is -0.355. The highest BCUT2D eigenvalue weighted by Crippen LogP contribution is 2.37. The van der Waals surface area contributed by atoms with Crippen molar-refractivity contribution in [1.82, 2.24) is 9.97 Å². The number of alkyl halides is 2. The maximum Gasteiger partial charge on any atom is 0.263 e. The number of hydrogen-bond donors (Lipinski definition) is 1. The number of anilines is 1. The molecule has 0 saturated heterocycles. The number of nitrogens with zero attached hydrogens (tertiary/aromatic N) is 3. The van der Waals surface area contributed by atoms with E-state index in [2.05, 4.69) is 9.97 Å². The Morgan fingerprint density at radius 1 is 1.12 bits per heavy atom. The molecule has 0 radical (unpaired) electrons. The molecule has 126 valence electrons. The van der Waals surface area contributed by atoms with Gasteiger partial charge in [0.2, 0.25) is 0 Å². The van der Waals surface area contributed by atoms with Gasteiger partial charge in [-0.2, -0.15) is 0 Å². The third-order valence-electron chi connectivity index (χ3n) is 4.05. The molecule has 4 rings (SSSR count). The molecule has 8 heteroatoms. The molecule has 1 aliphatic rings. The van der Waals surface area contributed by atoms with Gasteiger partial charge in [-0.3, -0.25) is 9.69 Å². The summed E-state index contributed by atoms with van der Waals surface area (Å²) in [6.07, 6.45) is -4.09. The van der Waals surface area contributed by atoms with Crippen molar-refractivity contribution in [3.63, 3.8) is 0 Å². The van der Waals surface area contributed by atoms with E-state index in [1.165, 1.54) is 12.1 Å². The van der Waals surface area contributed by atoms with Gasteiger partial charge in [0.25, 0.3) is 12.3 Å². The molecular weight excluding hydrogens is 352 g/mol. The SMILES string of the molecule is O=C1c2ccc(C(F)F)cc2C(O)N1c1ccc2ccc(Cl)nc2n1. The maximum atomic E-state index is 12.9. The van der Waals surface area contributed by atoms with E-state index in [0.717, 1.165) is 11.0 Å². The van der Waals surface area contributed by atoms with Crippen LogP contribution >= 0.6 is 11.6 Å². The van der Waals surface area contributed by atoms with Crippen LogP contribution in [0.15, 0.2) is 42.5 Å². The molecule has 3 aromatic rings. The highest BCUT2D eigenvalue weighted by molar-refractivity contribution is 6.29. The summed E-state index contributed by atoms with van der Waals surface area (Å²) in [6, 6.07) is 10.2. The molecule has 25 heavy (non-hydrogen) atoms. The van der Waals surface area contributed by atoms with E-state index in [-0.39, 0.29) is 27.7 Å². The van der Waals surface area contributed by atoms with Crippen molar-refractivity contribution >= 4 is 34.4 Å². The quantitative estimate of drug-likeness (QED) is 0.704. The highest BCUT2D eigenvalue weighted by Gasteiger charge is 2.38. The predicted molar refractivity (Wildman–Crippen MR) is 87.7 cm³/mol. The smallest absolute Gasteiger partial charge is 0.263 e. The van der Waals surface area contributed by atoms with Crippen molar-refractivity contribution in [2.24, 2.45) is 0 Å². The zero-order valence-corrected chi connectivity index (χ0v) is 13.3. The molecule has 1 unspecified atom stereocenters. The summed E-state index contributed by atoms with van der Waals surface area (Å²) in [7, 11) is 0. The second-order valence-electron chi connectivity index (χ2n) is 5.55. The summed E-state index contributed by atoms with van der Waals surface area (Å²) >= 11 is 5.86. The summed E-state index contributed by atoms with van der Waals surface area (Å²) in [6.45, 7) is 0. The minimum atomic E-state index is -2.69. The lowest BCUT2D eigenvalue weighted by molar-refractivity contribution is 0.0933. The average Bonchev–Trinajstić information content (AvgIpc) is 2.84. The Bertz CT molecular complexity index is 1010. The van der Waals surface area contributed by atoms with Crippen LogP contribution in [0.2, 0.25) is 5.15 Å². The highest BCUT2D eigenvalue weighted by atomic mass is 35.5. The van der Waals surface area contributed by atoms with E-state index < -0.39 is 18.6 Å². The van der Waals surface area contributed by atoms with Gasteiger partial charge in [0.15, 0.2) is 11.9 Å². The molecule has 0 bridgehead atoms. The number of carbonyl (C=O) groups excluding carboxylic acids is 1. The Balaban J connectivity index is 1.80. The summed E-state index contributed by atoms with van der Waals surface area (Å²) in [5, 5.41) is 11.4. The number of aromatic nitrogens is 2. The van der Waals surface area contributed by atoms with E-state index in [1.54, 1.807) is 24.3 Å². The van der Waals surface area contributed by atoms with Crippen LogP contribution < -0.4 is 4.90 Å². The second kappa shape index (κ2) is 5.72. The van der Waals surface area contributed by atoms with Crippen molar-refractivity contribution < 1.29 is 18.7 Å². The van der Waals surface area contributed by atoms with Crippen LogP contribution in [0, 0.1) is 0 Å². The third kappa shape index (κ3) is 2.52. The molecule has 1 atom stereocenters. The molecule has 1 N–H and O–H groups in total. The first-order valence-electron chi connectivity index (χ1n) is 7.32. The van der Waals surface area contributed by atoms with Gasteiger partial charge >= 0.3 is 0 Å². The number of carbonyl (C=O) groups is 1. The zero-order chi connectivity index (χ0) is 17.7. The van der Waals surface area contributed by atoms with Crippen LogP contribution in [-0.2, 0) is 0 Å². The van der Waals surface area contributed by atoms with Crippen LogP contribution in [0.25, 0.3) is 11.0 Å². The fourth-order valence-corrected chi connectivity index (χ4v) is 2.98. The first-order valence-corrected chi connectivity index (χ1v) is 7.70. The van der Waals surface area contributed by atoms with Crippen LogP contribution in [-0.4, -0.2) is 21.0 Å². The molecule has 0 aliphatic carbocycles. The van der Waals surface area contributed by atoms with Gasteiger partial charge < -0.3 is 5.11 Å². The first-order chi connectivity index (χ1) is 12.0. The molecule has 5 nitrogen and oxygen atoms in total. The maximum absolute atomic E-state index is 12.9. The van der Waals surface area contributed by atoms with Crippen molar-refractivity contribution in [1.29, 1.82) is 0 Å². The Labute approximate surface area is 145 Å². The molecular formula is C17H10ClF2N3O2. The van der Waals surface area contributed by atoms with E-state index in [4.69, 9.17) is 11.6 Å². The van der Waals surface area contributed by atoms with Crippen LogP contribution in [0.1, 0.15) is 34.1 Å². The Morgan fingerprint density at radius 3 is 2.64 bits per heavy atom. The molecule has 0 fully saturated rings. The molecule has 3 heterocycles. The number of pyridine rings is 2. The van der Waals surface area contributed by atoms with Crippen LogP contribution in [0.3, 0.4) is 0 Å². The zero-order valence-electron chi connectivity index (χ0n) is 12.5. The topological polar surface area (TPSA) is 66.3 Å². The molecule has 2 aromatic heterocycles. The molecule has 0 saturated carbocycles. The number of rotatable bonds is 2. The number of aliphatic hydroxyl groups is 1. The lowest BCUT2D eigenvalue weighted by Crippen LogP contribution is -2.28. The fourth-order valence-electron chi connectivity index (χ4n) is 2.83. The van der Waals surface area contributed by atoms with Crippen molar-refractivity contribution in [3.8, 4) is 0 Å². The van der Waals surface area contributed by atoms with Gasteiger partial charge in [-0.1, -0.05) is 17.7 Å². The number of hydrogen-bond acceptors (Lipinski definition) is 4. The number of aliphatic hydroxyl groups excluding tert-OH is 1. The summed E-state index contributed by atoms with van der Waals surface area (Å²) in [5.41, 5.74) is 0.350. The van der Waals surface area contributed by atoms with E-state index in [0.29, 0.717) is 11.0 Å². The van der Waals surface area contributed by atoms with E-state index >= 15 is 0 Å². The van der Waals surface area contributed by atoms with Gasteiger partial charge in [0.1, 0.15) is 11.0 Å². The molecule has 1 amide bonds. The number of amides is 1. The summed E-state index contributed by atoms with van der Waals surface area (Å²) in [4.78, 5) is 22.0. The van der Waals surface area contributed by atoms with Gasteiger partial charge in [-0.15, -0.1) is 0 Å². The minimum absolute atomic E-state index is 0.128. The van der Waals surface area contributed by atoms with Crippen LogP contribution in [0.4, 0.5) is 14.6 Å². The molecule has 1 aliphatic heterocycles. The van der Waals surface area contributed by atoms with Gasteiger partial charge in [-0.25, -0.2) is 18.7 Å². The minimum Gasteiger partial charge on any atom is -0.369 e. The van der Waals surface area contributed by atoms with Crippen molar-refractivity contribution in [3.05, 3.63) is 64.3 Å². The lowest BCUT2D eigenvalue weighted by atomic mass is 10.1. The predicted octanol–water partition coefficient (Wildman–Crippen LogP) is 3.87. The number of halogens is 3. The van der Waals surface area contributed by atoms with Crippen molar-refractivity contribution in [2.75, 3.05) is 4.90 Å². The molecule has 0 spiro atoms. The van der Waals surface area contributed by atoms with Gasteiger partial charge in [0.05, 0.1) is 0 Å². The fraction of sp³-hybridized carbons (Fsp3) is 0.118. The normalized spacial score (nSPS) is 16.8. The lowest BCUT2D eigenvalue weighted by Gasteiger charge is -2.20. The standard InChI is InChI=1S/C17H10ClF2N3O2/c18-12-5-2-8-3-6-13(22-15(8)21-12)23-16(24)10-4-1-9(14(19)20)7-11(10)17(23)25/h1-7,14,17,25H. The van der Waals surface area contributed by atoms with Gasteiger partial charge in [-0.05, 0) is 36.4 Å². The first kappa shape index (κ1) is 15.9. The summed E-state index contributed by atoms with van der Waals surface area (Å²) < 4.78 is 25.8. The Hall–Kier alpha value is -2.64. The van der Waals surface area contributed by atoms with Gasteiger partial charge in [0, 0.05) is 22.1 Å². The largest absolute Gasteiger partial charge is 0.369 e. The molecule has 1 aromatic carbocycles. The second-order valence-corrected chi connectivity index (χ2v) is 5.93. The monoisotopic (exact) mass is 361 g/mol.